The fraction of sp³-hybridized carbons (Fsp3) is 0.459. The number of ether oxygens (including phenoxy) is 2. The van der Waals surface area contributed by atoms with Gasteiger partial charge in [0.2, 0.25) is 0 Å². The van der Waals surface area contributed by atoms with Gasteiger partial charge in [-0.1, -0.05) is 12.0 Å². The fourth-order valence-electron chi connectivity index (χ4n) is 8.55. The van der Waals surface area contributed by atoms with Crippen molar-refractivity contribution in [2.45, 2.75) is 62.7 Å². The largest absolute Gasteiger partial charge is 0.508 e. The molecule has 9 rings (SSSR count). The highest BCUT2D eigenvalue weighted by atomic mass is 19.1. The van der Waals surface area contributed by atoms with Gasteiger partial charge in [0.1, 0.15) is 28.7 Å². The summed E-state index contributed by atoms with van der Waals surface area (Å²) >= 11 is 0. The van der Waals surface area contributed by atoms with Gasteiger partial charge in [0.05, 0.1) is 30.9 Å². The molecule has 5 heterocycles. The van der Waals surface area contributed by atoms with Crippen LogP contribution in [0.15, 0.2) is 30.3 Å². The zero-order valence-corrected chi connectivity index (χ0v) is 26.4. The maximum atomic E-state index is 16.9. The van der Waals surface area contributed by atoms with Crippen LogP contribution >= 0.6 is 0 Å². The van der Waals surface area contributed by atoms with Crippen molar-refractivity contribution in [2.24, 2.45) is 5.41 Å². The molecule has 4 bridgehead atoms. The topological polar surface area (TPSA) is 83.0 Å². The van der Waals surface area contributed by atoms with E-state index in [1.807, 2.05) is 0 Å². The van der Waals surface area contributed by atoms with Crippen molar-refractivity contribution < 1.29 is 27.8 Å². The standard InChI is InChI=1S/C37H36F3N5O3/c1-2-26-29(38)8-3-20-11-25(46)12-27(31(20)26)32-30(39)13-28-34(33(32)40)42-36(43-35(28)44-14-21-4-5-22(15-44)41-21)48-19-37(9-10-37)18-45-23-6-7-24(45)17-47-16-23/h1,3,8,11-13,21-24,41,46H,4-7,9-10,14-19H2. The quantitative estimate of drug-likeness (QED) is 0.252. The van der Waals surface area contributed by atoms with Gasteiger partial charge in [-0.25, -0.2) is 13.2 Å². The molecular weight excluding hydrogens is 619 g/mol. The number of rotatable bonds is 7. The molecule has 11 heteroatoms. The molecule has 5 fully saturated rings. The molecule has 4 aromatic rings. The third-order valence-corrected chi connectivity index (χ3v) is 11.2. The van der Waals surface area contributed by atoms with Gasteiger partial charge in [0.25, 0.3) is 0 Å². The Morgan fingerprint density at radius 1 is 1.00 bits per heavy atom. The Hall–Kier alpha value is -4.11. The molecule has 1 aliphatic carbocycles. The number of morpholine rings is 1. The van der Waals surface area contributed by atoms with E-state index in [4.69, 9.17) is 20.9 Å². The van der Waals surface area contributed by atoms with Crippen LogP contribution in [0.2, 0.25) is 0 Å². The number of anilines is 1. The van der Waals surface area contributed by atoms with Gasteiger partial charge in [-0.2, -0.15) is 9.97 Å². The molecule has 2 N–H and O–H groups in total. The highest BCUT2D eigenvalue weighted by Gasteiger charge is 2.49. The summed E-state index contributed by atoms with van der Waals surface area (Å²) in [4.78, 5) is 14.0. The highest BCUT2D eigenvalue weighted by molar-refractivity contribution is 6.04. The van der Waals surface area contributed by atoms with Gasteiger partial charge in [-0.3, -0.25) is 4.90 Å². The van der Waals surface area contributed by atoms with Crippen LogP contribution in [0.25, 0.3) is 32.8 Å². The number of hydrogen-bond donors (Lipinski definition) is 2. The first-order chi connectivity index (χ1) is 23.3. The van der Waals surface area contributed by atoms with Crippen LogP contribution in [-0.2, 0) is 4.74 Å². The lowest BCUT2D eigenvalue weighted by molar-refractivity contribution is -0.0271. The van der Waals surface area contributed by atoms with E-state index < -0.39 is 23.0 Å². The van der Waals surface area contributed by atoms with Gasteiger partial charge in [0, 0.05) is 65.6 Å². The second-order valence-corrected chi connectivity index (χ2v) is 14.4. The van der Waals surface area contributed by atoms with Crippen LogP contribution in [0.1, 0.15) is 44.1 Å². The molecule has 0 spiro atoms. The summed E-state index contributed by atoms with van der Waals surface area (Å²) in [7, 11) is 0. The van der Waals surface area contributed by atoms with Crippen LogP contribution in [-0.4, -0.2) is 83.6 Å². The van der Waals surface area contributed by atoms with Crippen molar-refractivity contribution in [1.82, 2.24) is 20.2 Å². The maximum Gasteiger partial charge on any atom is 0.319 e. The van der Waals surface area contributed by atoms with Crippen LogP contribution in [0.4, 0.5) is 19.0 Å². The molecule has 0 amide bonds. The third kappa shape index (κ3) is 4.96. The molecule has 1 saturated carbocycles. The summed E-state index contributed by atoms with van der Waals surface area (Å²) < 4.78 is 60.2. The molecule has 4 saturated heterocycles. The summed E-state index contributed by atoms with van der Waals surface area (Å²) in [5, 5.41) is 14.9. The van der Waals surface area contributed by atoms with E-state index in [9.17, 15) is 9.50 Å². The second kappa shape index (κ2) is 11.2. The average Bonchev–Trinajstić information content (AvgIpc) is 3.72. The van der Waals surface area contributed by atoms with Gasteiger partial charge in [-0.05, 0) is 68.2 Å². The van der Waals surface area contributed by atoms with E-state index in [1.165, 1.54) is 30.3 Å². The number of nitrogens with one attached hydrogen (secondary N) is 1. The molecule has 4 unspecified atom stereocenters. The number of piperazine rings is 1. The van der Waals surface area contributed by atoms with E-state index in [-0.39, 0.29) is 56.7 Å². The average molecular weight is 656 g/mol. The van der Waals surface area contributed by atoms with Crippen molar-refractivity contribution in [2.75, 3.05) is 44.4 Å². The minimum atomic E-state index is -0.957. The molecule has 4 aliphatic heterocycles. The maximum absolute atomic E-state index is 16.9. The molecular formula is C37H36F3N5O3. The minimum Gasteiger partial charge on any atom is -0.508 e. The zero-order chi connectivity index (χ0) is 32.7. The second-order valence-electron chi connectivity index (χ2n) is 14.4. The van der Waals surface area contributed by atoms with Crippen molar-refractivity contribution in [3.8, 4) is 35.2 Å². The summed E-state index contributed by atoms with van der Waals surface area (Å²) in [6, 6.07) is 7.84. The van der Waals surface area contributed by atoms with Crippen LogP contribution < -0.4 is 15.0 Å². The number of phenols is 1. The van der Waals surface area contributed by atoms with Crippen molar-refractivity contribution in [1.29, 1.82) is 0 Å². The SMILES string of the molecule is C#Cc1c(F)ccc2cc(O)cc(-c3c(F)cc4c(N5CC6CCC(C5)N6)nc(OCC5(CN6C7CCC6COC7)CC5)nc4c3F)c12. The Kier molecular flexibility index (Phi) is 7.01. The predicted molar refractivity (Wildman–Crippen MR) is 176 cm³/mol. The zero-order valence-electron chi connectivity index (χ0n) is 26.4. The Morgan fingerprint density at radius 3 is 2.46 bits per heavy atom. The van der Waals surface area contributed by atoms with E-state index >= 15 is 8.78 Å². The van der Waals surface area contributed by atoms with Crippen LogP contribution in [0, 0.1) is 35.2 Å². The highest BCUT2D eigenvalue weighted by Crippen LogP contribution is 2.49. The molecule has 4 atom stereocenters. The van der Waals surface area contributed by atoms with E-state index in [1.54, 1.807) is 0 Å². The van der Waals surface area contributed by atoms with E-state index in [0.717, 1.165) is 58.3 Å². The Morgan fingerprint density at radius 2 is 1.75 bits per heavy atom. The van der Waals surface area contributed by atoms with Gasteiger partial charge in [-0.15, -0.1) is 6.42 Å². The Balaban J connectivity index is 1.14. The molecule has 8 nitrogen and oxygen atoms in total. The predicted octanol–water partition coefficient (Wildman–Crippen LogP) is 5.52. The third-order valence-electron chi connectivity index (χ3n) is 11.2. The number of benzene rings is 3. The lowest BCUT2D eigenvalue weighted by atomic mass is 9.92. The van der Waals surface area contributed by atoms with E-state index in [2.05, 4.69) is 26.0 Å². The summed E-state index contributed by atoms with van der Waals surface area (Å²) in [5.74, 6) is -0.0470. The van der Waals surface area contributed by atoms with Crippen LogP contribution in [0.3, 0.4) is 0 Å². The number of terminal acetylenes is 1. The first-order valence-corrected chi connectivity index (χ1v) is 16.9. The first-order valence-electron chi connectivity index (χ1n) is 16.9. The summed E-state index contributed by atoms with van der Waals surface area (Å²) in [5.41, 5.74) is -0.803. The molecule has 248 valence electrons. The number of fused-ring (bicyclic) bond motifs is 6. The summed E-state index contributed by atoms with van der Waals surface area (Å²) in [6.45, 7) is 4.10. The number of halogens is 3. The normalized spacial score (nSPS) is 25.9. The Bertz CT molecular complexity index is 1980. The smallest absolute Gasteiger partial charge is 0.319 e. The number of phenolic OH excluding ortho intramolecular Hbond substituents is 1. The van der Waals surface area contributed by atoms with Crippen molar-refractivity contribution in [3.05, 3.63) is 53.3 Å². The van der Waals surface area contributed by atoms with Gasteiger partial charge >= 0.3 is 6.01 Å². The first kappa shape index (κ1) is 30.0. The van der Waals surface area contributed by atoms with Gasteiger partial charge in [0.15, 0.2) is 5.82 Å². The Labute approximate surface area is 276 Å². The molecule has 5 aliphatic rings. The number of aromatic nitrogens is 2. The van der Waals surface area contributed by atoms with Crippen LogP contribution in [0.5, 0.6) is 11.8 Å². The van der Waals surface area contributed by atoms with E-state index in [0.29, 0.717) is 43.0 Å². The lowest BCUT2D eigenvalue weighted by Gasteiger charge is -2.37. The monoisotopic (exact) mass is 655 g/mol. The molecule has 48 heavy (non-hydrogen) atoms. The van der Waals surface area contributed by atoms with Gasteiger partial charge < -0.3 is 24.8 Å². The molecule has 3 aromatic carbocycles. The summed E-state index contributed by atoms with van der Waals surface area (Å²) in [6.07, 6.45) is 12.0. The van der Waals surface area contributed by atoms with Crippen molar-refractivity contribution >= 4 is 27.5 Å². The molecule has 0 radical (unpaired) electrons. The lowest BCUT2D eigenvalue weighted by Crippen LogP contribution is -2.51. The number of nitrogens with zero attached hydrogens (tertiary/aromatic N) is 4. The number of aromatic hydroxyl groups is 1. The van der Waals surface area contributed by atoms with Crippen molar-refractivity contribution in [3.63, 3.8) is 0 Å². The minimum absolute atomic E-state index is 0.0342. The fourth-order valence-corrected chi connectivity index (χ4v) is 8.55. The number of hydrogen-bond acceptors (Lipinski definition) is 8. The molecule has 1 aromatic heterocycles.